The molecule has 2 aliphatic heterocycles. The highest BCUT2D eigenvalue weighted by atomic mass is 35.5. The number of carbonyl (C=O) groups excluding carboxylic acids is 3. The zero-order valence-electron chi connectivity index (χ0n) is 25.2. The van der Waals surface area contributed by atoms with Crippen LogP contribution in [0.4, 0.5) is 11.4 Å². The van der Waals surface area contributed by atoms with Crippen LogP contribution in [-0.4, -0.2) is 49.2 Å². The molecule has 1 saturated carbocycles. The van der Waals surface area contributed by atoms with E-state index >= 15 is 0 Å². The summed E-state index contributed by atoms with van der Waals surface area (Å²) in [6, 6.07) is 19.6. The minimum Gasteiger partial charge on any atom is -0.426 e. The van der Waals surface area contributed by atoms with E-state index in [0.717, 1.165) is 64.4 Å². The number of ether oxygens (including phenoxy) is 2. The molecule has 2 atom stereocenters. The number of carbonyl (C=O) groups is 3. The van der Waals surface area contributed by atoms with Gasteiger partial charge in [0, 0.05) is 91.6 Å². The minimum absolute atomic E-state index is 0.00686. The lowest BCUT2D eigenvalue weighted by atomic mass is 9.73. The number of halogens is 2. The number of amides is 1. The third kappa shape index (κ3) is 5.20. The van der Waals surface area contributed by atoms with Crippen molar-refractivity contribution in [1.29, 1.82) is 0 Å². The Morgan fingerprint density at radius 3 is 1.76 bits per heavy atom. The van der Waals surface area contributed by atoms with Crippen LogP contribution in [0.2, 0.25) is 0 Å². The van der Waals surface area contributed by atoms with Crippen LogP contribution in [0.15, 0.2) is 60.7 Å². The predicted molar refractivity (Wildman–Crippen MR) is 178 cm³/mol. The molecule has 3 aliphatic rings. The Balaban J connectivity index is 1.12. The van der Waals surface area contributed by atoms with Gasteiger partial charge in [-0.1, -0.05) is 48.5 Å². The molecule has 0 bridgehead atoms. The van der Waals surface area contributed by atoms with Crippen LogP contribution in [0.25, 0.3) is 21.5 Å². The molecule has 45 heavy (non-hydrogen) atoms. The molecule has 1 amide bonds. The summed E-state index contributed by atoms with van der Waals surface area (Å²) in [5.74, 6) is 1.62. The molecule has 1 fully saturated rings. The van der Waals surface area contributed by atoms with E-state index in [1.807, 2.05) is 59.5 Å². The molecule has 0 saturated heterocycles. The van der Waals surface area contributed by atoms with Crippen molar-refractivity contribution >= 4 is 74.0 Å². The van der Waals surface area contributed by atoms with Gasteiger partial charge in [-0.25, -0.2) is 0 Å². The third-order valence-corrected chi connectivity index (χ3v) is 10.3. The summed E-state index contributed by atoms with van der Waals surface area (Å²) >= 11 is 12.9. The third-order valence-electron chi connectivity index (χ3n) is 9.55. The van der Waals surface area contributed by atoms with Crippen molar-refractivity contribution in [3.05, 3.63) is 71.8 Å². The van der Waals surface area contributed by atoms with Crippen LogP contribution in [-0.2, 0) is 14.4 Å². The van der Waals surface area contributed by atoms with Gasteiger partial charge in [0.25, 0.3) is 0 Å². The Hall–Kier alpha value is -3.81. The molecule has 2 heterocycles. The normalized spacial score (nSPS) is 21.9. The van der Waals surface area contributed by atoms with Gasteiger partial charge in [-0.15, -0.1) is 23.2 Å². The van der Waals surface area contributed by atoms with Gasteiger partial charge in [0.1, 0.15) is 11.5 Å². The van der Waals surface area contributed by atoms with Crippen LogP contribution >= 0.6 is 23.2 Å². The average Bonchev–Trinajstić information content (AvgIpc) is 3.56. The number of anilines is 2. The van der Waals surface area contributed by atoms with Gasteiger partial charge in [0.05, 0.1) is 5.69 Å². The zero-order chi connectivity index (χ0) is 31.4. The molecule has 9 heteroatoms. The van der Waals surface area contributed by atoms with Crippen molar-refractivity contribution in [2.24, 2.45) is 11.8 Å². The van der Waals surface area contributed by atoms with Gasteiger partial charge in [-0.2, -0.15) is 0 Å². The molecule has 0 spiro atoms. The predicted octanol–water partition coefficient (Wildman–Crippen LogP) is 7.38. The number of alkyl halides is 2. The summed E-state index contributed by atoms with van der Waals surface area (Å²) in [6.45, 7) is 4.89. The highest BCUT2D eigenvalue weighted by Gasteiger charge is 2.43. The Morgan fingerprint density at radius 2 is 1.22 bits per heavy atom. The lowest BCUT2D eigenvalue weighted by molar-refractivity contribution is -0.132. The summed E-state index contributed by atoms with van der Waals surface area (Å²) in [5, 5.41) is 3.76. The fourth-order valence-corrected chi connectivity index (χ4v) is 8.14. The van der Waals surface area contributed by atoms with E-state index in [2.05, 4.69) is 11.0 Å². The van der Waals surface area contributed by atoms with E-state index in [9.17, 15) is 14.4 Å². The second kappa shape index (κ2) is 11.8. The number of fused-ring (bicyclic) bond motifs is 6. The number of rotatable bonds is 7. The van der Waals surface area contributed by atoms with Crippen molar-refractivity contribution < 1.29 is 23.9 Å². The monoisotopic (exact) mass is 644 g/mol. The van der Waals surface area contributed by atoms with E-state index in [4.69, 9.17) is 32.7 Å². The SMILES string of the molecule is CC(=O)Oc1cc2c(c3ccccc13)[C@H](CCl)CN2CC1CC(C(=O)N2C[C@@H](CCl)c3c2cc(OC(C)=O)c2ccccc32)C1. The van der Waals surface area contributed by atoms with E-state index in [1.165, 1.54) is 19.4 Å². The van der Waals surface area contributed by atoms with Gasteiger partial charge in [0.15, 0.2) is 0 Å². The topological polar surface area (TPSA) is 76.2 Å². The number of nitrogens with zero attached hydrogens (tertiary/aromatic N) is 2. The quantitative estimate of drug-likeness (QED) is 0.119. The molecule has 232 valence electrons. The molecule has 0 N–H and O–H groups in total. The van der Waals surface area contributed by atoms with Crippen LogP contribution < -0.4 is 19.3 Å². The van der Waals surface area contributed by atoms with Crippen LogP contribution in [0.3, 0.4) is 0 Å². The van der Waals surface area contributed by atoms with E-state index in [-0.39, 0.29) is 29.6 Å². The van der Waals surface area contributed by atoms with Gasteiger partial charge in [-0.05, 0) is 40.7 Å². The van der Waals surface area contributed by atoms with Gasteiger partial charge in [-0.3, -0.25) is 14.4 Å². The fraction of sp³-hybridized carbons (Fsp3) is 0.361. The number of benzene rings is 4. The highest BCUT2D eigenvalue weighted by Crippen LogP contribution is 2.49. The first-order chi connectivity index (χ1) is 21.8. The molecule has 7 rings (SSSR count). The summed E-state index contributed by atoms with van der Waals surface area (Å²) in [7, 11) is 0. The largest absolute Gasteiger partial charge is 0.426 e. The first kappa shape index (κ1) is 29.9. The maximum Gasteiger partial charge on any atom is 0.308 e. The standard InChI is InChI=1S/C36H34Cl2N2O5/c1-20(41)44-32-13-30-34(28-9-5-3-7-26(28)32)24(15-37)18-39(30)17-22-11-23(12-22)36(43)40-19-25(16-38)35-29-10-6-4-8-27(29)33(14-31(35)40)45-21(2)42/h3-10,13-14,22-25H,11-12,15-19H2,1-2H3/t22?,23?,24-,25-/m1/s1. The van der Waals surface area contributed by atoms with Crippen molar-refractivity contribution in [2.75, 3.05) is 41.2 Å². The Morgan fingerprint density at radius 1 is 0.733 bits per heavy atom. The summed E-state index contributed by atoms with van der Waals surface area (Å²) < 4.78 is 11.2. The lowest BCUT2D eigenvalue weighted by Crippen LogP contribution is -2.44. The van der Waals surface area contributed by atoms with E-state index < -0.39 is 5.97 Å². The van der Waals surface area contributed by atoms with Crippen molar-refractivity contribution in [1.82, 2.24) is 0 Å². The zero-order valence-corrected chi connectivity index (χ0v) is 26.7. The molecule has 0 aromatic heterocycles. The molecular weight excluding hydrogens is 611 g/mol. The molecule has 4 aromatic carbocycles. The second-order valence-electron chi connectivity index (χ2n) is 12.5. The van der Waals surface area contributed by atoms with Crippen LogP contribution in [0, 0.1) is 11.8 Å². The Bertz CT molecular complexity index is 1850. The maximum absolute atomic E-state index is 14.0. The van der Waals surface area contributed by atoms with Gasteiger partial charge >= 0.3 is 11.9 Å². The number of hydrogen-bond donors (Lipinski definition) is 0. The Labute approximate surface area is 272 Å². The highest BCUT2D eigenvalue weighted by molar-refractivity contribution is 6.19. The minimum atomic E-state index is -0.403. The van der Waals surface area contributed by atoms with Gasteiger partial charge < -0.3 is 19.3 Å². The molecule has 1 aliphatic carbocycles. The molecular formula is C36H34Cl2N2O5. The van der Waals surface area contributed by atoms with Crippen molar-refractivity contribution in [2.45, 2.75) is 38.5 Å². The first-order valence-electron chi connectivity index (χ1n) is 15.4. The number of hydrogen-bond acceptors (Lipinski definition) is 6. The fourth-order valence-electron chi connectivity index (χ4n) is 7.64. The van der Waals surface area contributed by atoms with Crippen LogP contribution in [0.1, 0.15) is 49.7 Å². The maximum atomic E-state index is 14.0. The summed E-state index contributed by atoms with van der Waals surface area (Å²) in [5.41, 5.74) is 4.07. The number of esters is 2. The summed E-state index contributed by atoms with van der Waals surface area (Å²) in [4.78, 5) is 42.0. The molecule has 4 aromatic rings. The van der Waals surface area contributed by atoms with Crippen LogP contribution in [0.5, 0.6) is 11.5 Å². The molecule has 0 radical (unpaired) electrons. The molecule has 7 nitrogen and oxygen atoms in total. The first-order valence-corrected chi connectivity index (χ1v) is 16.5. The Kier molecular flexibility index (Phi) is 7.86. The van der Waals surface area contributed by atoms with Crippen molar-refractivity contribution in [3.8, 4) is 11.5 Å². The second-order valence-corrected chi connectivity index (χ2v) is 13.1. The molecule has 0 unspecified atom stereocenters. The van der Waals surface area contributed by atoms with E-state index in [0.29, 0.717) is 35.7 Å². The van der Waals surface area contributed by atoms with Crippen molar-refractivity contribution in [3.63, 3.8) is 0 Å². The smallest absolute Gasteiger partial charge is 0.308 e. The van der Waals surface area contributed by atoms with Gasteiger partial charge in [0.2, 0.25) is 5.91 Å². The average molecular weight is 646 g/mol. The van der Waals surface area contributed by atoms with E-state index in [1.54, 1.807) is 0 Å². The lowest BCUT2D eigenvalue weighted by Gasteiger charge is -2.39. The summed E-state index contributed by atoms with van der Waals surface area (Å²) in [6.07, 6.45) is 1.56.